The fraction of sp³-hybridized carbons (Fsp3) is 0.750. The first kappa shape index (κ1) is 13.2. The zero-order valence-corrected chi connectivity index (χ0v) is 12.0. The zero-order chi connectivity index (χ0) is 13.1. The Labute approximate surface area is 116 Å². The van der Waals surface area contributed by atoms with E-state index in [1.165, 1.54) is 45.3 Å². The lowest BCUT2D eigenvalue weighted by Gasteiger charge is -2.31. The van der Waals surface area contributed by atoms with Crippen molar-refractivity contribution in [2.45, 2.75) is 51.1 Å². The van der Waals surface area contributed by atoms with E-state index in [0.29, 0.717) is 12.1 Å². The van der Waals surface area contributed by atoms with Gasteiger partial charge in [-0.1, -0.05) is 0 Å². The molecule has 2 fully saturated rings. The highest BCUT2D eigenvalue weighted by Crippen LogP contribution is 2.31. The van der Waals surface area contributed by atoms with E-state index in [0.717, 1.165) is 18.1 Å². The van der Waals surface area contributed by atoms with Gasteiger partial charge in [-0.05, 0) is 57.2 Å². The van der Waals surface area contributed by atoms with Crippen molar-refractivity contribution < 1.29 is 4.42 Å². The molecule has 1 aliphatic carbocycles. The third kappa shape index (κ3) is 3.83. The second kappa shape index (κ2) is 6.10. The third-order valence-electron chi connectivity index (χ3n) is 4.51. The minimum Gasteiger partial charge on any atom is -0.469 e. The Kier molecular flexibility index (Phi) is 4.24. The highest BCUT2D eigenvalue weighted by molar-refractivity contribution is 5.00. The van der Waals surface area contributed by atoms with Crippen molar-refractivity contribution in [2.75, 3.05) is 19.6 Å². The Morgan fingerprint density at radius 2 is 2.26 bits per heavy atom. The van der Waals surface area contributed by atoms with Crippen LogP contribution in [-0.2, 0) is 6.42 Å². The van der Waals surface area contributed by atoms with Gasteiger partial charge < -0.3 is 9.73 Å². The topological polar surface area (TPSA) is 28.4 Å². The molecule has 19 heavy (non-hydrogen) atoms. The summed E-state index contributed by atoms with van der Waals surface area (Å²) in [6.45, 7) is 6.03. The van der Waals surface area contributed by atoms with E-state index in [4.69, 9.17) is 4.42 Å². The molecule has 2 aliphatic rings. The molecule has 2 unspecified atom stereocenters. The second-order valence-corrected chi connectivity index (χ2v) is 6.32. The summed E-state index contributed by atoms with van der Waals surface area (Å²) in [6.07, 6.45) is 8.37. The predicted octanol–water partition coefficient (Wildman–Crippen LogP) is 2.67. The van der Waals surface area contributed by atoms with E-state index >= 15 is 0 Å². The average molecular weight is 262 g/mol. The number of hydrogen-bond donors (Lipinski definition) is 1. The molecule has 1 aliphatic heterocycles. The van der Waals surface area contributed by atoms with Crippen LogP contribution in [0.5, 0.6) is 0 Å². The van der Waals surface area contributed by atoms with Crippen LogP contribution in [0.2, 0.25) is 0 Å². The Morgan fingerprint density at radius 1 is 1.37 bits per heavy atom. The zero-order valence-electron chi connectivity index (χ0n) is 12.0. The molecule has 106 valence electrons. The maximum Gasteiger partial charge on any atom is 0.105 e. The van der Waals surface area contributed by atoms with E-state index in [2.05, 4.69) is 23.2 Å². The van der Waals surface area contributed by atoms with Gasteiger partial charge in [0.1, 0.15) is 5.76 Å². The Morgan fingerprint density at radius 3 is 2.89 bits per heavy atom. The van der Waals surface area contributed by atoms with Crippen molar-refractivity contribution in [3.8, 4) is 0 Å². The van der Waals surface area contributed by atoms with E-state index in [9.17, 15) is 0 Å². The molecule has 3 heteroatoms. The molecule has 0 radical (unpaired) electrons. The molecule has 3 nitrogen and oxygen atoms in total. The standard InChI is InChI=1S/C16H26N2O/c1-13(10-16-5-3-9-19-16)18(11-14-6-7-14)12-15-4-2-8-17-15/h3,5,9,13-15,17H,2,4,6-8,10-12H2,1H3. The third-order valence-corrected chi connectivity index (χ3v) is 4.51. The summed E-state index contributed by atoms with van der Waals surface area (Å²) >= 11 is 0. The van der Waals surface area contributed by atoms with Crippen LogP contribution in [0.25, 0.3) is 0 Å². The van der Waals surface area contributed by atoms with Gasteiger partial charge in [0.15, 0.2) is 0 Å². The molecule has 0 bridgehead atoms. The Hall–Kier alpha value is -0.800. The van der Waals surface area contributed by atoms with Crippen molar-refractivity contribution in [3.05, 3.63) is 24.2 Å². The van der Waals surface area contributed by atoms with Crippen molar-refractivity contribution in [1.82, 2.24) is 10.2 Å². The minimum atomic E-state index is 0.578. The van der Waals surface area contributed by atoms with Crippen LogP contribution in [-0.4, -0.2) is 36.6 Å². The highest BCUT2D eigenvalue weighted by atomic mass is 16.3. The van der Waals surface area contributed by atoms with Gasteiger partial charge in [0, 0.05) is 31.6 Å². The van der Waals surface area contributed by atoms with E-state index in [1.54, 1.807) is 6.26 Å². The lowest BCUT2D eigenvalue weighted by atomic mass is 10.1. The second-order valence-electron chi connectivity index (χ2n) is 6.32. The van der Waals surface area contributed by atoms with Crippen LogP contribution < -0.4 is 5.32 Å². The molecule has 1 aromatic rings. The number of rotatable bonds is 7. The maximum atomic E-state index is 5.50. The first-order valence-corrected chi connectivity index (χ1v) is 7.81. The van der Waals surface area contributed by atoms with Crippen LogP contribution in [0.1, 0.15) is 38.4 Å². The lowest BCUT2D eigenvalue weighted by molar-refractivity contribution is 0.177. The van der Waals surface area contributed by atoms with Gasteiger partial charge >= 0.3 is 0 Å². The van der Waals surface area contributed by atoms with Gasteiger partial charge in [0.2, 0.25) is 0 Å². The van der Waals surface area contributed by atoms with Gasteiger partial charge in [-0.3, -0.25) is 4.90 Å². The van der Waals surface area contributed by atoms with Crippen LogP contribution in [0.3, 0.4) is 0 Å². The molecule has 0 amide bonds. The maximum absolute atomic E-state index is 5.50. The number of nitrogens with zero attached hydrogens (tertiary/aromatic N) is 1. The van der Waals surface area contributed by atoms with Crippen LogP contribution in [0.4, 0.5) is 0 Å². The van der Waals surface area contributed by atoms with Crippen molar-refractivity contribution in [3.63, 3.8) is 0 Å². The molecular formula is C16H26N2O. The van der Waals surface area contributed by atoms with Gasteiger partial charge in [-0.15, -0.1) is 0 Å². The van der Waals surface area contributed by atoms with Crippen LogP contribution in [0.15, 0.2) is 22.8 Å². The first-order valence-electron chi connectivity index (χ1n) is 7.81. The van der Waals surface area contributed by atoms with Gasteiger partial charge in [-0.2, -0.15) is 0 Å². The van der Waals surface area contributed by atoms with Crippen LogP contribution in [0, 0.1) is 5.92 Å². The van der Waals surface area contributed by atoms with Crippen LogP contribution >= 0.6 is 0 Å². The number of nitrogens with one attached hydrogen (secondary N) is 1. The molecule has 1 N–H and O–H groups in total. The van der Waals surface area contributed by atoms with Gasteiger partial charge in [0.05, 0.1) is 6.26 Å². The molecule has 1 aromatic heterocycles. The fourth-order valence-corrected chi connectivity index (χ4v) is 3.11. The number of furan rings is 1. The van der Waals surface area contributed by atoms with Gasteiger partial charge in [0.25, 0.3) is 0 Å². The predicted molar refractivity (Wildman–Crippen MR) is 77.2 cm³/mol. The Bertz CT molecular complexity index is 366. The summed E-state index contributed by atoms with van der Waals surface area (Å²) in [5, 5.41) is 3.63. The fourth-order valence-electron chi connectivity index (χ4n) is 3.11. The summed E-state index contributed by atoms with van der Waals surface area (Å²) in [5.41, 5.74) is 0. The molecule has 0 aromatic carbocycles. The van der Waals surface area contributed by atoms with Crippen molar-refractivity contribution in [2.24, 2.45) is 5.92 Å². The normalized spacial score (nSPS) is 25.1. The molecule has 1 saturated heterocycles. The van der Waals surface area contributed by atoms with E-state index < -0.39 is 0 Å². The monoisotopic (exact) mass is 262 g/mol. The summed E-state index contributed by atoms with van der Waals surface area (Å²) in [7, 11) is 0. The van der Waals surface area contributed by atoms with Gasteiger partial charge in [-0.25, -0.2) is 0 Å². The largest absolute Gasteiger partial charge is 0.469 e. The molecule has 1 saturated carbocycles. The molecule has 2 heterocycles. The molecule has 2 atom stereocenters. The summed E-state index contributed by atoms with van der Waals surface area (Å²) < 4.78 is 5.50. The highest BCUT2D eigenvalue weighted by Gasteiger charge is 2.29. The van der Waals surface area contributed by atoms with Crippen molar-refractivity contribution in [1.29, 1.82) is 0 Å². The molecular weight excluding hydrogens is 236 g/mol. The average Bonchev–Trinajstić information content (AvgIpc) is 2.88. The van der Waals surface area contributed by atoms with E-state index in [1.807, 2.05) is 6.07 Å². The smallest absolute Gasteiger partial charge is 0.105 e. The molecule has 0 spiro atoms. The summed E-state index contributed by atoms with van der Waals surface area (Å²) in [5.74, 6) is 2.08. The van der Waals surface area contributed by atoms with E-state index in [-0.39, 0.29) is 0 Å². The quantitative estimate of drug-likeness (QED) is 0.819. The first-order chi connectivity index (χ1) is 9.31. The van der Waals surface area contributed by atoms with Crippen molar-refractivity contribution >= 4 is 0 Å². The molecule has 3 rings (SSSR count). The lowest BCUT2D eigenvalue weighted by Crippen LogP contribution is -2.44. The Balaban J connectivity index is 1.56. The summed E-state index contributed by atoms with van der Waals surface area (Å²) in [4.78, 5) is 2.68. The SMILES string of the molecule is CC(Cc1ccco1)N(CC1CC1)CC1CCCN1. The number of hydrogen-bond acceptors (Lipinski definition) is 3. The summed E-state index contributed by atoms with van der Waals surface area (Å²) in [6, 6.07) is 5.37. The minimum absolute atomic E-state index is 0.578.